The fourth-order valence-corrected chi connectivity index (χ4v) is 3.38. The van der Waals surface area contributed by atoms with E-state index in [2.05, 4.69) is 38.8 Å². The molecule has 0 saturated heterocycles. The van der Waals surface area contributed by atoms with Crippen molar-refractivity contribution in [2.24, 2.45) is 0 Å². The average Bonchev–Trinajstić information content (AvgIpc) is 2.59. The molecule has 2 heterocycles. The molecule has 0 atom stereocenters. The fourth-order valence-electron chi connectivity index (χ4n) is 2.67. The molecule has 0 aliphatic carbocycles. The molecule has 1 aliphatic heterocycles. The molecule has 0 amide bonds. The van der Waals surface area contributed by atoms with Crippen LogP contribution in [0, 0.1) is 0 Å². The van der Waals surface area contributed by atoms with Crippen LogP contribution < -0.4 is 0 Å². The predicted molar refractivity (Wildman–Crippen MR) is 72.4 cm³/mol. The van der Waals surface area contributed by atoms with Crippen LogP contribution >= 0.6 is 27.5 Å². The summed E-state index contributed by atoms with van der Waals surface area (Å²) in [5.74, 6) is 0.695. The van der Waals surface area contributed by atoms with Gasteiger partial charge in [0.25, 0.3) is 0 Å². The molecule has 1 aromatic heterocycles. The smallest absolute Gasteiger partial charge is 0.0516 e. The highest BCUT2D eigenvalue weighted by Crippen LogP contribution is 2.32. The van der Waals surface area contributed by atoms with Crippen molar-refractivity contribution in [2.75, 3.05) is 5.88 Å². The van der Waals surface area contributed by atoms with E-state index in [0.29, 0.717) is 5.88 Å². The lowest BCUT2D eigenvalue weighted by atomic mass is 10.0. The zero-order valence-corrected chi connectivity index (χ0v) is 11.3. The van der Waals surface area contributed by atoms with Gasteiger partial charge in [0.15, 0.2) is 0 Å². The van der Waals surface area contributed by atoms with E-state index in [4.69, 9.17) is 11.6 Å². The number of nitrogens with zero attached hydrogens (tertiary/aromatic N) is 1. The minimum atomic E-state index is 0.695. The largest absolute Gasteiger partial charge is 0.347 e. The van der Waals surface area contributed by atoms with Crippen molar-refractivity contribution in [1.82, 2.24) is 4.57 Å². The van der Waals surface area contributed by atoms with Crippen molar-refractivity contribution in [3.05, 3.63) is 33.9 Å². The summed E-state index contributed by atoms with van der Waals surface area (Å²) in [6.45, 7) is 1.15. The number of hydrogen-bond donors (Lipinski definition) is 0. The van der Waals surface area contributed by atoms with E-state index >= 15 is 0 Å². The second-order valence-corrected chi connectivity index (χ2v) is 5.64. The highest BCUT2D eigenvalue weighted by Gasteiger charge is 2.16. The fraction of sp³-hybridized carbons (Fsp3) is 0.385. The minimum absolute atomic E-state index is 0.695. The third kappa shape index (κ3) is 1.59. The Bertz CT molecular complexity index is 544. The number of benzene rings is 1. The maximum Gasteiger partial charge on any atom is 0.0516 e. The molecule has 3 rings (SSSR count). The summed E-state index contributed by atoms with van der Waals surface area (Å²) in [6.07, 6.45) is 5.68. The number of aryl methyl sites for hydroxylation is 3. The Morgan fingerprint density at radius 2 is 2.25 bits per heavy atom. The number of rotatable bonds is 2. The first kappa shape index (κ1) is 10.7. The van der Waals surface area contributed by atoms with Gasteiger partial charge in [-0.2, -0.15) is 0 Å². The van der Waals surface area contributed by atoms with Crippen LogP contribution in [-0.4, -0.2) is 10.4 Å². The summed E-state index contributed by atoms with van der Waals surface area (Å²) in [5, 5.41) is 1.38. The molecule has 0 radical (unpaired) electrons. The third-order valence-electron chi connectivity index (χ3n) is 3.31. The quantitative estimate of drug-likeness (QED) is 0.735. The molecule has 84 valence electrons. The predicted octanol–water partition coefficient (Wildman–Crippen LogP) is 4.13. The van der Waals surface area contributed by atoms with E-state index < -0.39 is 0 Å². The van der Waals surface area contributed by atoms with Crippen LogP contribution in [0.25, 0.3) is 10.9 Å². The highest BCUT2D eigenvalue weighted by atomic mass is 79.9. The van der Waals surface area contributed by atoms with Gasteiger partial charge in [0.2, 0.25) is 0 Å². The molecule has 1 aliphatic rings. The molecule has 3 heteroatoms. The molecule has 0 N–H and O–H groups in total. The lowest BCUT2D eigenvalue weighted by molar-refractivity contribution is 0.634. The Labute approximate surface area is 109 Å². The minimum Gasteiger partial charge on any atom is -0.347 e. The zero-order chi connectivity index (χ0) is 11.1. The number of alkyl halides is 1. The van der Waals surface area contributed by atoms with Crippen molar-refractivity contribution in [3.63, 3.8) is 0 Å². The molecule has 1 nitrogen and oxygen atoms in total. The molecule has 0 fully saturated rings. The van der Waals surface area contributed by atoms with Crippen molar-refractivity contribution < 1.29 is 0 Å². The normalized spacial score (nSPS) is 14.6. The maximum absolute atomic E-state index is 5.86. The van der Waals surface area contributed by atoms with Crippen LogP contribution in [0.15, 0.2) is 22.8 Å². The number of aromatic nitrogens is 1. The van der Waals surface area contributed by atoms with Gasteiger partial charge in [-0.3, -0.25) is 0 Å². The van der Waals surface area contributed by atoms with Gasteiger partial charge in [0, 0.05) is 28.5 Å². The summed E-state index contributed by atoms with van der Waals surface area (Å²) < 4.78 is 3.58. The Hall–Kier alpha value is -0.470. The SMILES string of the molecule is ClCCc1cn2c3c(cc(Br)cc13)CCC2. The molecular weight excluding hydrogens is 286 g/mol. The van der Waals surface area contributed by atoms with Crippen LogP contribution in [-0.2, 0) is 19.4 Å². The summed E-state index contributed by atoms with van der Waals surface area (Å²) in [4.78, 5) is 0. The number of halogens is 2. The van der Waals surface area contributed by atoms with Crippen molar-refractivity contribution in [1.29, 1.82) is 0 Å². The van der Waals surface area contributed by atoms with Gasteiger partial charge in [0.1, 0.15) is 0 Å². The van der Waals surface area contributed by atoms with Gasteiger partial charge >= 0.3 is 0 Å². The molecule has 1 aromatic carbocycles. The summed E-state index contributed by atoms with van der Waals surface area (Å²) in [6, 6.07) is 4.48. The monoisotopic (exact) mass is 297 g/mol. The highest BCUT2D eigenvalue weighted by molar-refractivity contribution is 9.10. The van der Waals surface area contributed by atoms with E-state index in [1.165, 1.54) is 39.3 Å². The van der Waals surface area contributed by atoms with Crippen molar-refractivity contribution in [2.45, 2.75) is 25.8 Å². The molecule has 0 unspecified atom stereocenters. The summed E-state index contributed by atoms with van der Waals surface area (Å²) >= 11 is 9.46. The van der Waals surface area contributed by atoms with Crippen LogP contribution in [0.2, 0.25) is 0 Å². The van der Waals surface area contributed by atoms with Crippen LogP contribution in [0.3, 0.4) is 0 Å². The first-order valence-electron chi connectivity index (χ1n) is 5.65. The van der Waals surface area contributed by atoms with E-state index in [1.807, 2.05) is 0 Å². The molecule has 0 spiro atoms. The molecule has 2 aromatic rings. The Morgan fingerprint density at radius 1 is 1.38 bits per heavy atom. The summed E-state index contributed by atoms with van der Waals surface area (Å²) in [7, 11) is 0. The Kier molecular flexibility index (Phi) is 2.72. The van der Waals surface area contributed by atoms with Crippen LogP contribution in [0.4, 0.5) is 0 Å². The van der Waals surface area contributed by atoms with E-state index in [1.54, 1.807) is 0 Å². The lowest BCUT2D eigenvalue weighted by Gasteiger charge is -2.15. The van der Waals surface area contributed by atoms with Gasteiger partial charge < -0.3 is 4.57 Å². The van der Waals surface area contributed by atoms with Crippen LogP contribution in [0.1, 0.15) is 17.5 Å². The zero-order valence-electron chi connectivity index (χ0n) is 8.97. The van der Waals surface area contributed by atoms with Crippen molar-refractivity contribution >= 4 is 38.4 Å². The summed E-state index contributed by atoms with van der Waals surface area (Å²) in [5.41, 5.74) is 4.28. The topological polar surface area (TPSA) is 4.93 Å². The standard InChI is InChI=1S/C13H13BrClN/c14-11-6-9-2-1-5-16-8-10(3-4-15)12(7-11)13(9)16/h6-8H,1-5H2. The van der Waals surface area contributed by atoms with Crippen molar-refractivity contribution in [3.8, 4) is 0 Å². The third-order valence-corrected chi connectivity index (χ3v) is 3.95. The van der Waals surface area contributed by atoms with Gasteiger partial charge in [-0.1, -0.05) is 15.9 Å². The van der Waals surface area contributed by atoms with E-state index in [0.717, 1.165) is 13.0 Å². The second kappa shape index (κ2) is 4.08. The lowest BCUT2D eigenvalue weighted by Crippen LogP contribution is -2.06. The molecule has 0 bridgehead atoms. The Balaban J connectivity index is 2.31. The first-order valence-corrected chi connectivity index (χ1v) is 6.98. The molecule has 16 heavy (non-hydrogen) atoms. The first-order chi connectivity index (χ1) is 7.79. The molecular formula is C13H13BrClN. The van der Waals surface area contributed by atoms with Gasteiger partial charge in [0.05, 0.1) is 5.52 Å². The Morgan fingerprint density at radius 3 is 3.06 bits per heavy atom. The average molecular weight is 299 g/mol. The van der Waals surface area contributed by atoms with Crippen LogP contribution in [0.5, 0.6) is 0 Å². The van der Waals surface area contributed by atoms with E-state index in [9.17, 15) is 0 Å². The maximum atomic E-state index is 5.86. The number of hydrogen-bond acceptors (Lipinski definition) is 0. The second-order valence-electron chi connectivity index (χ2n) is 4.35. The van der Waals surface area contributed by atoms with E-state index in [-0.39, 0.29) is 0 Å². The van der Waals surface area contributed by atoms with Gasteiger partial charge in [-0.15, -0.1) is 11.6 Å². The van der Waals surface area contributed by atoms with Gasteiger partial charge in [-0.25, -0.2) is 0 Å². The molecule has 0 saturated carbocycles. The van der Waals surface area contributed by atoms with Gasteiger partial charge in [-0.05, 0) is 42.5 Å².